The molecule has 0 heterocycles. The minimum Gasteiger partial charge on any atom is -0.477 e. The van der Waals surface area contributed by atoms with Gasteiger partial charge in [-0.05, 0) is 24.0 Å². The topological polar surface area (TPSA) is 74.6 Å². The van der Waals surface area contributed by atoms with Crippen molar-refractivity contribution in [2.24, 2.45) is 0 Å². The molecule has 0 fully saturated rings. The minimum absolute atomic E-state index is 0.387. The van der Waals surface area contributed by atoms with Gasteiger partial charge in [0.25, 0.3) is 0 Å². The Morgan fingerprint density at radius 2 is 1.61 bits per heavy atom. The van der Waals surface area contributed by atoms with Gasteiger partial charge in [0.2, 0.25) is 0 Å². The summed E-state index contributed by atoms with van der Waals surface area (Å²) in [5.41, 5.74) is 0.512. The molecule has 96 valence electrons. The van der Waals surface area contributed by atoms with Crippen LogP contribution in [0.1, 0.15) is 31.7 Å². The second-order valence-corrected chi connectivity index (χ2v) is 3.93. The standard InChI is InChI=1S/C14H16O4/c1-2-3-9-11(10-7-5-4-6-8-10)12(13(15)16)14(17)18/h4-8H,2-3,9H2,1H3,(H,15,16)(H,17,18). The third-order valence-corrected chi connectivity index (χ3v) is 2.63. The summed E-state index contributed by atoms with van der Waals surface area (Å²) < 4.78 is 0. The molecule has 0 aromatic heterocycles. The van der Waals surface area contributed by atoms with E-state index < -0.39 is 17.5 Å². The Kier molecular flexibility index (Phi) is 5.11. The number of benzene rings is 1. The zero-order chi connectivity index (χ0) is 13.5. The normalized spacial score (nSPS) is 9.83. The van der Waals surface area contributed by atoms with E-state index in [-0.39, 0.29) is 0 Å². The average Bonchev–Trinajstić information content (AvgIpc) is 2.34. The molecule has 18 heavy (non-hydrogen) atoms. The third kappa shape index (κ3) is 3.45. The van der Waals surface area contributed by atoms with E-state index in [1.165, 1.54) is 0 Å². The quantitative estimate of drug-likeness (QED) is 0.461. The monoisotopic (exact) mass is 248 g/mol. The molecule has 0 amide bonds. The number of carboxylic acids is 2. The first-order valence-electron chi connectivity index (χ1n) is 5.83. The maximum Gasteiger partial charge on any atom is 0.343 e. The van der Waals surface area contributed by atoms with Gasteiger partial charge in [-0.2, -0.15) is 0 Å². The van der Waals surface area contributed by atoms with Crippen molar-refractivity contribution in [3.63, 3.8) is 0 Å². The van der Waals surface area contributed by atoms with Crippen molar-refractivity contribution in [2.45, 2.75) is 26.2 Å². The summed E-state index contributed by atoms with van der Waals surface area (Å²) in [6.07, 6.45) is 2.09. The Hall–Kier alpha value is -2.10. The first-order valence-corrected chi connectivity index (χ1v) is 5.83. The van der Waals surface area contributed by atoms with Crippen LogP contribution in [0.3, 0.4) is 0 Å². The summed E-state index contributed by atoms with van der Waals surface area (Å²) in [4.78, 5) is 22.2. The molecule has 4 heteroatoms. The average molecular weight is 248 g/mol. The first-order chi connectivity index (χ1) is 8.57. The fourth-order valence-electron chi connectivity index (χ4n) is 1.76. The van der Waals surface area contributed by atoms with Crippen LogP contribution in [-0.4, -0.2) is 22.2 Å². The van der Waals surface area contributed by atoms with Gasteiger partial charge in [0.05, 0.1) is 0 Å². The second-order valence-electron chi connectivity index (χ2n) is 3.93. The molecule has 0 aliphatic carbocycles. The smallest absolute Gasteiger partial charge is 0.343 e. The number of aliphatic carboxylic acids is 2. The van der Waals surface area contributed by atoms with E-state index in [4.69, 9.17) is 10.2 Å². The molecule has 0 saturated heterocycles. The van der Waals surface area contributed by atoms with Crippen LogP contribution in [0.25, 0.3) is 5.57 Å². The van der Waals surface area contributed by atoms with Crippen LogP contribution in [-0.2, 0) is 9.59 Å². The fraction of sp³-hybridized carbons (Fsp3) is 0.286. The summed E-state index contributed by atoms with van der Waals surface area (Å²) >= 11 is 0. The number of carboxylic acid groups (broad SMARTS) is 2. The van der Waals surface area contributed by atoms with Crippen LogP contribution < -0.4 is 0 Å². The molecule has 1 aromatic rings. The Morgan fingerprint density at radius 1 is 1.06 bits per heavy atom. The van der Waals surface area contributed by atoms with Crippen molar-refractivity contribution in [3.05, 3.63) is 41.5 Å². The van der Waals surface area contributed by atoms with Crippen LogP contribution in [0, 0.1) is 0 Å². The number of allylic oxidation sites excluding steroid dienone is 1. The summed E-state index contributed by atoms with van der Waals surface area (Å²) in [5.74, 6) is -2.78. The van der Waals surface area contributed by atoms with Gasteiger partial charge in [0.1, 0.15) is 5.57 Å². The van der Waals surface area contributed by atoms with Gasteiger partial charge in [0.15, 0.2) is 0 Å². The van der Waals surface area contributed by atoms with Crippen molar-refractivity contribution >= 4 is 17.5 Å². The highest BCUT2D eigenvalue weighted by molar-refractivity contribution is 6.18. The molecule has 0 aliphatic rings. The van der Waals surface area contributed by atoms with Gasteiger partial charge in [-0.25, -0.2) is 9.59 Å². The summed E-state index contributed by atoms with van der Waals surface area (Å²) in [5, 5.41) is 18.1. The minimum atomic E-state index is -1.39. The lowest BCUT2D eigenvalue weighted by atomic mass is 9.95. The number of hydrogen-bond donors (Lipinski definition) is 2. The zero-order valence-corrected chi connectivity index (χ0v) is 10.2. The van der Waals surface area contributed by atoms with E-state index in [0.717, 1.165) is 12.8 Å². The van der Waals surface area contributed by atoms with Crippen LogP contribution in [0.4, 0.5) is 0 Å². The maximum absolute atomic E-state index is 11.1. The lowest BCUT2D eigenvalue weighted by molar-refractivity contribution is -0.140. The van der Waals surface area contributed by atoms with E-state index in [2.05, 4.69) is 0 Å². The Labute approximate surface area is 106 Å². The SMILES string of the molecule is CCCCC(=C(C(=O)O)C(=O)O)c1ccccc1. The van der Waals surface area contributed by atoms with Crippen molar-refractivity contribution in [1.29, 1.82) is 0 Å². The second kappa shape index (κ2) is 6.59. The zero-order valence-electron chi connectivity index (χ0n) is 10.2. The molecular weight excluding hydrogens is 232 g/mol. The number of carbonyl (C=O) groups is 2. The van der Waals surface area contributed by atoms with Crippen molar-refractivity contribution in [2.75, 3.05) is 0 Å². The molecule has 0 radical (unpaired) electrons. The van der Waals surface area contributed by atoms with E-state index in [1.54, 1.807) is 24.3 Å². The van der Waals surface area contributed by atoms with Gasteiger partial charge < -0.3 is 10.2 Å². The van der Waals surface area contributed by atoms with E-state index >= 15 is 0 Å². The molecular formula is C14H16O4. The van der Waals surface area contributed by atoms with Crippen molar-refractivity contribution < 1.29 is 19.8 Å². The number of unbranched alkanes of at least 4 members (excludes halogenated alkanes) is 1. The van der Waals surface area contributed by atoms with Gasteiger partial charge in [-0.3, -0.25) is 0 Å². The molecule has 0 atom stereocenters. The molecule has 1 aromatic carbocycles. The van der Waals surface area contributed by atoms with E-state index in [9.17, 15) is 9.59 Å². The first kappa shape index (κ1) is 14.0. The Morgan fingerprint density at radius 3 is 2.06 bits per heavy atom. The fourth-order valence-corrected chi connectivity index (χ4v) is 1.76. The Bertz CT molecular complexity index is 444. The van der Waals surface area contributed by atoms with Crippen LogP contribution >= 0.6 is 0 Å². The molecule has 2 N–H and O–H groups in total. The predicted molar refractivity (Wildman–Crippen MR) is 68.2 cm³/mol. The van der Waals surface area contributed by atoms with Crippen molar-refractivity contribution in [1.82, 2.24) is 0 Å². The van der Waals surface area contributed by atoms with Crippen LogP contribution in [0.2, 0.25) is 0 Å². The highest BCUT2D eigenvalue weighted by Gasteiger charge is 2.22. The molecule has 1 rings (SSSR count). The molecule has 4 nitrogen and oxygen atoms in total. The maximum atomic E-state index is 11.1. The van der Waals surface area contributed by atoms with E-state index in [1.807, 2.05) is 13.0 Å². The lowest BCUT2D eigenvalue weighted by Crippen LogP contribution is -2.14. The van der Waals surface area contributed by atoms with Crippen LogP contribution in [0.15, 0.2) is 35.9 Å². The van der Waals surface area contributed by atoms with Gasteiger partial charge >= 0.3 is 11.9 Å². The molecule has 0 saturated carbocycles. The van der Waals surface area contributed by atoms with Gasteiger partial charge in [-0.15, -0.1) is 0 Å². The molecule has 0 spiro atoms. The van der Waals surface area contributed by atoms with E-state index in [0.29, 0.717) is 17.6 Å². The number of rotatable bonds is 6. The van der Waals surface area contributed by atoms with Gasteiger partial charge in [-0.1, -0.05) is 43.7 Å². The summed E-state index contributed by atoms with van der Waals surface area (Å²) in [7, 11) is 0. The molecule has 0 unspecified atom stereocenters. The predicted octanol–water partition coefficient (Wildman–Crippen LogP) is 2.80. The third-order valence-electron chi connectivity index (χ3n) is 2.63. The highest BCUT2D eigenvalue weighted by atomic mass is 16.4. The summed E-state index contributed by atoms with van der Waals surface area (Å²) in [6, 6.07) is 8.81. The molecule has 0 bridgehead atoms. The number of hydrogen-bond acceptors (Lipinski definition) is 2. The molecule has 0 aliphatic heterocycles. The largest absolute Gasteiger partial charge is 0.477 e. The Balaban J connectivity index is 3.30. The lowest BCUT2D eigenvalue weighted by Gasteiger charge is -2.10. The van der Waals surface area contributed by atoms with Gasteiger partial charge in [0, 0.05) is 0 Å². The summed E-state index contributed by atoms with van der Waals surface area (Å²) in [6.45, 7) is 1.98. The highest BCUT2D eigenvalue weighted by Crippen LogP contribution is 2.25. The van der Waals surface area contributed by atoms with Crippen LogP contribution in [0.5, 0.6) is 0 Å². The van der Waals surface area contributed by atoms with Crippen molar-refractivity contribution in [3.8, 4) is 0 Å².